The number of carbonyl (C=O) groups is 1. The van der Waals surface area contributed by atoms with Crippen molar-refractivity contribution < 1.29 is 9.53 Å². The molecule has 0 amide bonds. The van der Waals surface area contributed by atoms with Crippen molar-refractivity contribution in [1.29, 1.82) is 0 Å². The molecular weight excluding hydrogens is 264 g/mol. The average molecular weight is 292 g/mol. The van der Waals surface area contributed by atoms with Crippen molar-refractivity contribution >= 4 is 5.97 Å². The highest BCUT2D eigenvalue weighted by Gasteiger charge is 2.41. The van der Waals surface area contributed by atoms with Crippen LogP contribution in [-0.4, -0.2) is 44.7 Å². The molecule has 1 aromatic carbocycles. The van der Waals surface area contributed by atoms with Crippen LogP contribution in [0.5, 0.6) is 0 Å². The smallest absolute Gasteiger partial charge is 0.332 e. The second kappa shape index (κ2) is 8.15. The number of ether oxygens (including phenoxy) is 1. The molecule has 0 aliphatic carbocycles. The lowest BCUT2D eigenvalue weighted by atomic mass is 9.89. The van der Waals surface area contributed by atoms with Gasteiger partial charge >= 0.3 is 5.97 Å². The zero-order valence-electron chi connectivity index (χ0n) is 13.8. The number of methoxy groups -OCH3 is 1. The molecule has 0 fully saturated rings. The fourth-order valence-electron chi connectivity index (χ4n) is 2.65. The SMILES string of the molecule is CCN(CC(C)C)CC(NC)(C(=O)OC)c1ccccc1. The third kappa shape index (κ3) is 4.29. The number of nitrogens with zero attached hydrogens (tertiary/aromatic N) is 1. The van der Waals surface area contributed by atoms with Crippen molar-refractivity contribution in [3.8, 4) is 0 Å². The summed E-state index contributed by atoms with van der Waals surface area (Å²) in [5.41, 5.74) is 0.0996. The van der Waals surface area contributed by atoms with E-state index in [9.17, 15) is 4.79 Å². The molecular formula is C17H28N2O2. The summed E-state index contributed by atoms with van der Waals surface area (Å²) in [6, 6.07) is 9.78. The molecule has 4 nitrogen and oxygen atoms in total. The second-order valence-electron chi connectivity index (χ2n) is 5.73. The Bertz CT molecular complexity index is 434. The molecule has 0 heterocycles. The largest absolute Gasteiger partial charge is 0.467 e. The maximum atomic E-state index is 12.5. The van der Waals surface area contributed by atoms with Crippen molar-refractivity contribution in [2.75, 3.05) is 33.8 Å². The van der Waals surface area contributed by atoms with E-state index in [1.807, 2.05) is 37.4 Å². The highest BCUT2D eigenvalue weighted by Crippen LogP contribution is 2.24. The molecule has 1 unspecified atom stereocenters. The van der Waals surface area contributed by atoms with Gasteiger partial charge in [-0.2, -0.15) is 0 Å². The van der Waals surface area contributed by atoms with E-state index in [1.54, 1.807) is 0 Å². The van der Waals surface area contributed by atoms with E-state index in [1.165, 1.54) is 7.11 Å². The summed E-state index contributed by atoms with van der Waals surface area (Å²) in [7, 11) is 3.25. The zero-order chi connectivity index (χ0) is 15.9. The highest BCUT2D eigenvalue weighted by molar-refractivity contribution is 5.83. The summed E-state index contributed by atoms with van der Waals surface area (Å²) >= 11 is 0. The predicted molar refractivity (Wildman–Crippen MR) is 86.1 cm³/mol. The molecule has 1 rings (SSSR count). The number of carbonyl (C=O) groups excluding carboxylic acids is 1. The van der Waals surface area contributed by atoms with E-state index in [4.69, 9.17) is 4.74 Å². The average Bonchev–Trinajstić information content (AvgIpc) is 2.51. The molecule has 1 atom stereocenters. The van der Waals surface area contributed by atoms with Gasteiger partial charge in [-0.15, -0.1) is 0 Å². The van der Waals surface area contributed by atoms with Crippen LogP contribution >= 0.6 is 0 Å². The van der Waals surface area contributed by atoms with Crippen LogP contribution in [0.15, 0.2) is 30.3 Å². The van der Waals surface area contributed by atoms with Crippen LogP contribution in [0.3, 0.4) is 0 Å². The van der Waals surface area contributed by atoms with Crippen LogP contribution in [0.25, 0.3) is 0 Å². The molecule has 0 aromatic heterocycles. The number of likely N-dealkylation sites (N-methyl/N-ethyl adjacent to an activating group) is 2. The minimum atomic E-state index is -0.832. The Morgan fingerprint density at radius 1 is 1.33 bits per heavy atom. The van der Waals surface area contributed by atoms with E-state index in [2.05, 4.69) is 31.0 Å². The molecule has 1 N–H and O–H groups in total. The number of hydrogen-bond acceptors (Lipinski definition) is 4. The third-order valence-electron chi connectivity index (χ3n) is 3.76. The predicted octanol–water partition coefficient (Wildman–Crippen LogP) is 2.25. The van der Waals surface area contributed by atoms with E-state index < -0.39 is 5.54 Å². The third-order valence-corrected chi connectivity index (χ3v) is 3.76. The molecule has 0 saturated carbocycles. The van der Waals surface area contributed by atoms with Crippen LogP contribution in [0.1, 0.15) is 26.3 Å². The van der Waals surface area contributed by atoms with Crippen molar-refractivity contribution in [3.05, 3.63) is 35.9 Å². The first-order chi connectivity index (χ1) is 10.00. The Kier molecular flexibility index (Phi) is 6.85. The van der Waals surface area contributed by atoms with Crippen LogP contribution in [0.2, 0.25) is 0 Å². The lowest BCUT2D eigenvalue weighted by Crippen LogP contribution is -2.56. The zero-order valence-corrected chi connectivity index (χ0v) is 13.8. The monoisotopic (exact) mass is 292 g/mol. The summed E-state index contributed by atoms with van der Waals surface area (Å²) in [5.74, 6) is 0.298. The topological polar surface area (TPSA) is 41.6 Å². The Hall–Kier alpha value is -1.39. The highest BCUT2D eigenvalue weighted by atomic mass is 16.5. The maximum Gasteiger partial charge on any atom is 0.332 e. The molecule has 0 spiro atoms. The summed E-state index contributed by atoms with van der Waals surface area (Å²) in [5, 5.41) is 3.20. The van der Waals surface area contributed by atoms with Gasteiger partial charge in [-0.3, -0.25) is 0 Å². The van der Waals surface area contributed by atoms with Gasteiger partial charge in [0.1, 0.15) is 0 Å². The number of nitrogens with one attached hydrogen (secondary N) is 1. The fraction of sp³-hybridized carbons (Fsp3) is 0.588. The minimum Gasteiger partial charge on any atom is -0.467 e. The Balaban J connectivity index is 3.15. The van der Waals surface area contributed by atoms with Gasteiger partial charge < -0.3 is 15.0 Å². The minimum absolute atomic E-state index is 0.251. The number of hydrogen-bond donors (Lipinski definition) is 1. The maximum absolute atomic E-state index is 12.5. The molecule has 1 aromatic rings. The number of rotatable bonds is 8. The lowest BCUT2D eigenvalue weighted by molar-refractivity contribution is -0.150. The number of benzene rings is 1. The van der Waals surface area contributed by atoms with E-state index in [-0.39, 0.29) is 5.97 Å². The van der Waals surface area contributed by atoms with Gasteiger partial charge in [-0.05, 0) is 25.1 Å². The van der Waals surface area contributed by atoms with Crippen LogP contribution < -0.4 is 5.32 Å². The fourth-order valence-corrected chi connectivity index (χ4v) is 2.65. The standard InChI is InChI=1S/C17H28N2O2/c1-6-19(12-14(2)3)13-17(18-4,16(20)21-5)15-10-8-7-9-11-15/h7-11,14,18H,6,12-13H2,1-5H3. The lowest BCUT2D eigenvalue weighted by Gasteiger charge is -2.36. The van der Waals surface area contributed by atoms with Gasteiger partial charge in [-0.25, -0.2) is 4.79 Å². The van der Waals surface area contributed by atoms with Crippen molar-refractivity contribution in [2.24, 2.45) is 5.92 Å². The van der Waals surface area contributed by atoms with Gasteiger partial charge in [0.05, 0.1) is 7.11 Å². The molecule has 118 valence electrons. The van der Waals surface area contributed by atoms with Gasteiger partial charge in [-0.1, -0.05) is 51.1 Å². The molecule has 21 heavy (non-hydrogen) atoms. The number of esters is 1. The molecule has 0 radical (unpaired) electrons. The summed E-state index contributed by atoms with van der Waals surface area (Å²) < 4.78 is 5.08. The quantitative estimate of drug-likeness (QED) is 0.746. The Morgan fingerprint density at radius 2 is 1.95 bits per heavy atom. The van der Waals surface area contributed by atoms with Gasteiger partial charge in [0.15, 0.2) is 5.54 Å². The van der Waals surface area contributed by atoms with Crippen LogP contribution in [-0.2, 0) is 15.1 Å². The molecule has 0 aliphatic rings. The Morgan fingerprint density at radius 3 is 2.38 bits per heavy atom. The summed E-state index contributed by atoms with van der Waals surface area (Å²) in [6.45, 7) is 8.92. The normalized spacial score (nSPS) is 14.2. The van der Waals surface area contributed by atoms with Crippen LogP contribution in [0.4, 0.5) is 0 Å². The van der Waals surface area contributed by atoms with E-state index in [0.717, 1.165) is 18.7 Å². The van der Waals surface area contributed by atoms with Gasteiger partial charge in [0.25, 0.3) is 0 Å². The molecule has 0 bridgehead atoms. The second-order valence-corrected chi connectivity index (χ2v) is 5.73. The van der Waals surface area contributed by atoms with E-state index >= 15 is 0 Å². The first kappa shape index (κ1) is 17.7. The van der Waals surface area contributed by atoms with Gasteiger partial charge in [0, 0.05) is 13.1 Å². The van der Waals surface area contributed by atoms with Gasteiger partial charge in [0.2, 0.25) is 0 Å². The van der Waals surface area contributed by atoms with Crippen molar-refractivity contribution in [1.82, 2.24) is 10.2 Å². The molecule has 0 saturated heterocycles. The molecule has 4 heteroatoms. The first-order valence-electron chi connectivity index (χ1n) is 7.55. The Labute approximate surface area is 128 Å². The summed E-state index contributed by atoms with van der Waals surface area (Å²) in [6.07, 6.45) is 0. The van der Waals surface area contributed by atoms with Crippen LogP contribution in [0, 0.1) is 5.92 Å². The van der Waals surface area contributed by atoms with E-state index in [0.29, 0.717) is 12.5 Å². The van der Waals surface area contributed by atoms with Crippen molar-refractivity contribution in [2.45, 2.75) is 26.3 Å². The first-order valence-corrected chi connectivity index (χ1v) is 7.55. The molecule has 0 aliphatic heterocycles. The summed E-state index contributed by atoms with van der Waals surface area (Å²) in [4.78, 5) is 14.8. The van der Waals surface area contributed by atoms with Crippen molar-refractivity contribution in [3.63, 3.8) is 0 Å².